The molecule has 1 aromatic carbocycles. The van der Waals surface area contributed by atoms with Gasteiger partial charge < -0.3 is 4.98 Å². The lowest BCUT2D eigenvalue weighted by atomic mass is 10.2. The predicted molar refractivity (Wildman–Crippen MR) is 58.5 cm³/mol. The number of carbonyl (C=O) groups excluding carboxylic acids is 1. The zero-order valence-corrected chi connectivity index (χ0v) is 9.47. The highest BCUT2D eigenvalue weighted by Gasteiger charge is 2.08. The van der Waals surface area contributed by atoms with Crippen molar-refractivity contribution >= 4 is 32.7 Å². The van der Waals surface area contributed by atoms with Crippen LogP contribution in [-0.2, 0) is 0 Å². The maximum absolute atomic E-state index is 11.1. The van der Waals surface area contributed by atoms with Crippen molar-refractivity contribution in [2.24, 2.45) is 0 Å². The number of aryl methyl sites for hydroxylation is 1. The van der Waals surface area contributed by atoms with Crippen LogP contribution in [-0.4, -0.2) is 15.8 Å². The van der Waals surface area contributed by atoms with Gasteiger partial charge >= 0.3 is 0 Å². The third-order valence-corrected chi connectivity index (χ3v) is 2.53. The first kappa shape index (κ1) is 9.40. The number of fused-ring (bicyclic) bond motifs is 1. The van der Waals surface area contributed by atoms with Crippen LogP contribution in [0.1, 0.15) is 23.1 Å². The molecule has 0 bridgehead atoms. The number of aromatic amines is 1. The summed E-state index contributed by atoms with van der Waals surface area (Å²) < 4.78 is 0.987. The van der Waals surface area contributed by atoms with Gasteiger partial charge in [-0.15, -0.1) is 0 Å². The average Bonchev–Trinajstić information content (AvgIpc) is 2.47. The number of rotatable bonds is 1. The van der Waals surface area contributed by atoms with E-state index in [1.54, 1.807) is 0 Å². The minimum atomic E-state index is -0.0447. The molecule has 0 saturated carbocycles. The fourth-order valence-corrected chi connectivity index (χ4v) is 1.99. The zero-order chi connectivity index (χ0) is 10.3. The fraction of sp³-hybridized carbons (Fsp3) is 0.200. The molecule has 0 atom stereocenters. The van der Waals surface area contributed by atoms with Gasteiger partial charge in [0.2, 0.25) is 0 Å². The molecule has 2 aromatic rings. The van der Waals surface area contributed by atoms with Crippen LogP contribution >= 0.6 is 15.9 Å². The van der Waals surface area contributed by atoms with Crippen molar-refractivity contribution in [1.82, 2.24) is 9.97 Å². The summed E-state index contributed by atoms with van der Waals surface area (Å²) in [6.07, 6.45) is 0. The minimum Gasteiger partial charge on any atom is -0.335 e. The van der Waals surface area contributed by atoms with E-state index >= 15 is 0 Å². The second kappa shape index (κ2) is 3.20. The minimum absolute atomic E-state index is 0.0447. The van der Waals surface area contributed by atoms with E-state index in [-0.39, 0.29) is 5.78 Å². The number of carbonyl (C=O) groups is 1. The van der Waals surface area contributed by atoms with Gasteiger partial charge in [-0.05, 0) is 24.6 Å². The van der Waals surface area contributed by atoms with Crippen LogP contribution in [0.25, 0.3) is 11.0 Å². The van der Waals surface area contributed by atoms with E-state index < -0.39 is 0 Å². The number of imidazole rings is 1. The molecule has 0 unspecified atom stereocenters. The average molecular weight is 253 g/mol. The number of halogens is 1. The molecule has 1 N–H and O–H groups in total. The normalized spacial score (nSPS) is 10.8. The smallest absolute Gasteiger partial charge is 0.195 e. The predicted octanol–water partition coefficient (Wildman–Crippen LogP) is 2.84. The third-order valence-electron chi connectivity index (χ3n) is 2.08. The fourth-order valence-electron chi connectivity index (χ4n) is 1.41. The Morgan fingerprint density at radius 3 is 2.86 bits per heavy atom. The van der Waals surface area contributed by atoms with E-state index in [4.69, 9.17) is 0 Å². The van der Waals surface area contributed by atoms with Crippen molar-refractivity contribution < 1.29 is 4.79 Å². The molecule has 0 aliphatic carbocycles. The van der Waals surface area contributed by atoms with E-state index in [1.165, 1.54) is 6.92 Å². The summed E-state index contributed by atoms with van der Waals surface area (Å²) in [5, 5.41) is 0. The summed E-state index contributed by atoms with van der Waals surface area (Å²) in [5.41, 5.74) is 2.80. The Bertz CT molecular complexity index is 516. The molecular formula is C10H9BrN2O. The maximum atomic E-state index is 11.1. The topological polar surface area (TPSA) is 45.8 Å². The number of nitrogens with one attached hydrogen (secondary N) is 1. The number of ketones is 1. The number of hydrogen-bond donors (Lipinski definition) is 1. The lowest BCUT2D eigenvalue weighted by molar-refractivity contribution is 0.100. The van der Waals surface area contributed by atoms with Crippen LogP contribution in [0.3, 0.4) is 0 Å². The van der Waals surface area contributed by atoms with Gasteiger partial charge in [-0.2, -0.15) is 0 Å². The summed E-state index contributed by atoms with van der Waals surface area (Å²) in [5.74, 6) is 0.373. The molecule has 72 valence electrons. The molecule has 0 aliphatic rings. The molecular weight excluding hydrogens is 244 g/mol. The van der Waals surface area contributed by atoms with Crippen LogP contribution in [0.4, 0.5) is 0 Å². The van der Waals surface area contributed by atoms with E-state index in [0.717, 1.165) is 21.1 Å². The van der Waals surface area contributed by atoms with Gasteiger partial charge in [0.1, 0.15) is 0 Å². The van der Waals surface area contributed by atoms with Gasteiger partial charge in [-0.25, -0.2) is 4.98 Å². The largest absolute Gasteiger partial charge is 0.335 e. The Balaban J connectivity index is 2.76. The summed E-state index contributed by atoms with van der Waals surface area (Å²) in [7, 11) is 0. The zero-order valence-electron chi connectivity index (χ0n) is 7.89. The van der Waals surface area contributed by atoms with Crippen LogP contribution in [0.5, 0.6) is 0 Å². The first-order valence-corrected chi connectivity index (χ1v) is 5.04. The van der Waals surface area contributed by atoms with Gasteiger partial charge in [0.15, 0.2) is 11.6 Å². The van der Waals surface area contributed by atoms with Gasteiger partial charge in [0, 0.05) is 11.4 Å². The standard InChI is InChI=1S/C10H9BrN2O/c1-5-3-7(11)4-8-9(5)13-10(12-8)6(2)14/h3-4H,1-2H3,(H,12,13). The van der Waals surface area contributed by atoms with Crippen molar-refractivity contribution in [2.75, 3.05) is 0 Å². The Morgan fingerprint density at radius 1 is 1.50 bits per heavy atom. The number of benzene rings is 1. The third kappa shape index (κ3) is 1.46. The summed E-state index contributed by atoms with van der Waals surface area (Å²) >= 11 is 3.40. The Morgan fingerprint density at radius 2 is 2.21 bits per heavy atom. The quantitative estimate of drug-likeness (QED) is 0.794. The van der Waals surface area contributed by atoms with Crippen LogP contribution in [0.15, 0.2) is 16.6 Å². The number of Topliss-reactive ketones (excluding diaryl/α,β-unsaturated/α-hetero) is 1. The van der Waals surface area contributed by atoms with Gasteiger partial charge in [-0.1, -0.05) is 15.9 Å². The number of hydrogen-bond acceptors (Lipinski definition) is 2. The number of nitrogens with zero attached hydrogens (tertiary/aromatic N) is 1. The van der Waals surface area contributed by atoms with Gasteiger partial charge in [-0.3, -0.25) is 4.79 Å². The van der Waals surface area contributed by atoms with Crippen LogP contribution < -0.4 is 0 Å². The van der Waals surface area contributed by atoms with Crippen molar-refractivity contribution in [1.29, 1.82) is 0 Å². The molecule has 1 aromatic heterocycles. The summed E-state index contributed by atoms with van der Waals surface area (Å²) in [4.78, 5) is 18.3. The lowest BCUT2D eigenvalue weighted by Crippen LogP contribution is -1.93. The van der Waals surface area contributed by atoms with Crippen molar-refractivity contribution in [3.8, 4) is 0 Å². The Kier molecular flexibility index (Phi) is 2.15. The van der Waals surface area contributed by atoms with Crippen LogP contribution in [0, 0.1) is 6.92 Å². The molecule has 0 spiro atoms. The van der Waals surface area contributed by atoms with E-state index in [1.807, 2.05) is 19.1 Å². The van der Waals surface area contributed by atoms with Crippen molar-refractivity contribution in [3.63, 3.8) is 0 Å². The van der Waals surface area contributed by atoms with Crippen LogP contribution in [0.2, 0.25) is 0 Å². The highest BCUT2D eigenvalue weighted by Crippen LogP contribution is 2.21. The van der Waals surface area contributed by atoms with E-state index in [2.05, 4.69) is 25.9 Å². The summed E-state index contributed by atoms with van der Waals surface area (Å²) in [6.45, 7) is 3.47. The molecule has 0 amide bonds. The second-order valence-corrected chi connectivity index (χ2v) is 4.18. The van der Waals surface area contributed by atoms with E-state index in [0.29, 0.717) is 5.82 Å². The Hall–Kier alpha value is -1.16. The molecule has 2 rings (SSSR count). The molecule has 0 fully saturated rings. The highest BCUT2D eigenvalue weighted by atomic mass is 79.9. The van der Waals surface area contributed by atoms with Crippen molar-refractivity contribution in [3.05, 3.63) is 28.0 Å². The molecule has 0 saturated heterocycles. The highest BCUT2D eigenvalue weighted by molar-refractivity contribution is 9.10. The molecule has 4 heteroatoms. The molecule has 0 radical (unpaired) electrons. The first-order valence-electron chi connectivity index (χ1n) is 4.25. The molecule has 1 heterocycles. The molecule has 3 nitrogen and oxygen atoms in total. The van der Waals surface area contributed by atoms with E-state index in [9.17, 15) is 4.79 Å². The molecule has 14 heavy (non-hydrogen) atoms. The SMILES string of the molecule is CC(=O)c1nc2c(C)cc(Br)cc2[nH]1. The Labute approximate surface area is 89.7 Å². The summed E-state index contributed by atoms with van der Waals surface area (Å²) in [6, 6.07) is 3.90. The first-order chi connectivity index (χ1) is 6.58. The van der Waals surface area contributed by atoms with Gasteiger partial charge in [0.25, 0.3) is 0 Å². The maximum Gasteiger partial charge on any atom is 0.195 e. The second-order valence-electron chi connectivity index (χ2n) is 3.26. The molecule has 0 aliphatic heterocycles. The monoisotopic (exact) mass is 252 g/mol. The van der Waals surface area contributed by atoms with Gasteiger partial charge in [0.05, 0.1) is 11.0 Å². The lowest BCUT2D eigenvalue weighted by Gasteiger charge is -1.94. The number of aromatic nitrogens is 2. The number of H-pyrrole nitrogens is 1. The van der Waals surface area contributed by atoms with Crippen molar-refractivity contribution in [2.45, 2.75) is 13.8 Å².